The fourth-order valence-electron chi connectivity index (χ4n) is 3.11. The first-order valence-corrected chi connectivity index (χ1v) is 10.7. The molecular weight excluding hydrogens is 420 g/mol. The number of rotatable bonds is 6. The largest absolute Gasteiger partial charge is 0.497 e. The van der Waals surface area contributed by atoms with Crippen LogP contribution in [0.15, 0.2) is 59.8 Å². The summed E-state index contributed by atoms with van der Waals surface area (Å²) in [5.41, 5.74) is 2.40. The summed E-state index contributed by atoms with van der Waals surface area (Å²) in [5.74, 6) is 0.211. The Bertz CT molecular complexity index is 1370. The van der Waals surface area contributed by atoms with Crippen molar-refractivity contribution in [2.24, 2.45) is 0 Å². The summed E-state index contributed by atoms with van der Waals surface area (Å²) in [6.45, 7) is 1.95. The van der Waals surface area contributed by atoms with Crippen LogP contribution in [0.5, 0.6) is 11.5 Å². The number of benzene rings is 2. The Morgan fingerprint density at radius 2 is 1.84 bits per heavy atom. The summed E-state index contributed by atoms with van der Waals surface area (Å²) in [6, 6.07) is 12.3. The highest BCUT2D eigenvalue weighted by Crippen LogP contribution is 2.31. The molecule has 9 nitrogen and oxygen atoms in total. The van der Waals surface area contributed by atoms with E-state index in [-0.39, 0.29) is 10.6 Å². The van der Waals surface area contributed by atoms with Crippen molar-refractivity contribution in [3.05, 3.63) is 66.1 Å². The highest BCUT2D eigenvalue weighted by atomic mass is 32.2. The predicted molar refractivity (Wildman–Crippen MR) is 114 cm³/mol. The quantitative estimate of drug-likeness (QED) is 0.476. The van der Waals surface area contributed by atoms with Crippen molar-refractivity contribution in [1.29, 1.82) is 0 Å². The highest BCUT2D eigenvalue weighted by molar-refractivity contribution is 7.90. The van der Waals surface area contributed by atoms with Crippen molar-refractivity contribution >= 4 is 26.8 Å². The second kappa shape index (κ2) is 7.80. The van der Waals surface area contributed by atoms with Gasteiger partial charge in [-0.05, 0) is 31.2 Å². The number of aromatic nitrogens is 3. The van der Waals surface area contributed by atoms with Crippen LogP contribution in [-0.4, -0.2) is 43.3 Å². The molecule has 0 unspecified atom stereocenters. The summed E-state index contributed by atoms with van der Waals surface area (Å²) in [5, 5.41) is 4.73. The first-order valence-electron chi connectivity index (χ1n) is 9.24. The lowest BCUT2D eigenvalue weighted by Crippen LogP contribution is -2.30. The molecule has 2 heterocycles. The molecule has 0 saturated heterocycles. The van der Waals surface area contributed by atoms with E-state index in [9.17, 15) is 13.2 Å². The molecule has 1 amide bonds. The third kappa shape index (κ3) is 3.97. The number of ether oxygens (including phenoxy) is 2. The van der Waals surface area contributed by atoms with Crippen molar-refractivity contribution in [3.8, 4) is 17.2 Å². The topological polar surface area (TPSA) is 115 Å². The molecule has 0 aliphatic carbocycles. The number of hydrogen-bond acceptors (Lipinski definition) is 6. The minimum absolute atomic E-state index is 0.0658. The molecule has 0 aliphatic heterocycles. The first-order chi connectivity index (χ1) is 14.8. The highest BCUT2D eigenvalue weighted by Gasteiger charge is 2.22. The van der Waals surface area contributed by atoms with Gasteiger partial charge >= 0.3 is 0 Å². The van der Waals surface area contributed by atoms with Crippen molar-refractivity contribution in [2.45, 2.75) is 11.8 Å². The Morgan fingerprint density at radius 3 is 2.52 bits per heavy atom. The van der Waals surface area contributed by atoms with Crippen LogP contribution < -0.4 is 14.2 Å². The Labute approximate surface area is 178 Å². The fourth-order valence-corrected chi connectivity index (χ4v) is 4.00. The smallest absolute Gasteiger partial charge is 0.281 e. The monoisotopic (exact) mass is 440 g/mol. The maximum atomic E-state index is 12.7. The predicted octanol–water partition coefficient (Wildman–Crippen LogP) is 2.80. The van der Waals surface area contributed by atoms with Crippen LogP contribution >= 0.6 is 0 Å². The van der Waals surface area contributed by atoms with Crippen LogP contribution in [0.25, 0.3) is 16.6 Å². The molecule has 0 spiro atoms. The third-order valence-corrected chi connectivity index (χ3v) is 6.05. The van der Waals surface area contributed by atoms with E-state index < -0.39 is 15.9 Å². The zero-order valence-corrected chi connectivity index (χ0v) is 17.9. The number of aryl methyl sites for hydroxylation is 1. The van der Waals surface area contributed by atoms with Gasteiger partial charge in [0.25, 0.3) is 15.9 Å². The van der Waals surface area contributed by atoms with Gasteiger partial charge in [-0.1, -0.05) is 17.7 Å². The van der Waals surface area contributed by atoms with Crippen LogP contribution in [-0.2, 0) is 10.0 Å². The van der Waals surface area contributed by atoms with Crippen molar-refractivity contribution in [1.82, 2.24) is 19.5 Å². The number of aromatic amines is 1. The second-order valence-corrected chi connectivity index (χ2v) is 8.55. The number of methoxy groups -OCH3 is 2. The SMILES string of the molecule is COc1cc(OC)c2[nH]c(C(=O)NS(=O)(=O)c3cnn(-c4ccc(C)cc4)c3)cc2c1. The van der Waals surface area contributed by atoms with E-state index in [1.807, 2.05) is 31.2 Å². The van der Waals surface area contributed by atoms with E-state index in [4.69, 9.17) is 9.47 Å². The van der Waals surface area contributed by atoms with Crippen LogP contribution in [0.4, 0.5) is 0 Å². The number of carbonyl (C=O) groups excluding carboxylic acids is 1. The first kappa shape index (κ1) is 20.5. The number of carbonyl (C=O) groups is 1. The van der Waals surface area contributed by atoms with Gasteiger partial charge in [0, 0.05) is 11.5 Å². The summed E-state index contributed by atoms with van der Waals surface area (Å²) in [4.78, 5) is 15.4. The van der Waals surface area contributed by atoms with Crippen LogP contribution in [0, 0.1) is 6.92 Å². The standard InChI is InChI=1S/C21H20N4O5S/c1-13-4-6-15(7-5-13)25-12-17(11-22-25)31(27,28)24-21(26)18-9-14-8-16(29-2)10-19(30-3)20(14)23-18/h4-12,23H,1-3H3,(H,24,26). The number of sulfonamides is 1. The van der Waals surface area contributed by atoms with Crippen molar-refractivity contribution in [3.63, 3.8) is 0 Å². The Morgan fingerprint density at radius 1 is 1.10 bits per heavy atom. The molecule has 31 heavy (non-hydrogen) atoms. The molecule has 0 saturated carbocycles. The molecule has 0 fully saturated rings. The average Bonchev–Trinajstić information content (AvgIpc) is 3.41. The molecule has 2 N–H and O–H groups in total. The third-order valence-electron chi connectivity index (χ3n) is 4.76. The molecule has 0 atom stereocenters. The molecule has 0 aliphatic rings. The lowest BCUT2D eigenvalue weighted by molar-refractivity contribution is 0.0977. The molecule has 4 aromatic rings. The Hall–Kier alpha value is -3.79. The van der Waals surface area contributed by atoms with Crippen LogP contribution in [0.3, 0.4) is 0 Å². The van der Waals surface area contributed by atoms with Crippen LogP contribution in [0.1, 0.15) is 16.1 Å². The number of amides is 1. The van der Waals surface area contributed by atoms with Gasteiger partial charge in [0.2, 0.25) is 0 Å². The Kier molecular flexibility index (Phi) is 5.15. The van der Waals surface area contributed by atoms with Gasteiger partial charge in [-0.3, -0.25) is 4.79 Å². The number of H-pyrrole nitrogens is 1. The van der Waals surface area contributed by atoms with Gasteiger partial charge in [-0.15, -0.1) is 0 Å². The second-order valence-electron chi connectivity index (χ2n) is 6.87. The summed E-state index contributed by atoms with van der Waals surface area (Å²) in [6.07, 6.45) is 2.54. The fraction of sp³-hybridized carbons (Fsp3) is 0.143. The van der Waals surface area contributed by atoms with Crippen molar-refractivity contribution < 1.29 is 22.7 Å². The van der Waals surface area contributed by atoms with E-state index in [0.29, 0.717) is 28.1 Å². The summed E-state index contributed by atoms with van der Waals surface area (Å²) >= 11 is 0. The van der Waals surface area contributed by atoms with E-state index in [1.165, 1.54) is 37.4 Å². The van der Waals surface area contributed by atoms with Gasteiger partial charge in [-0.2, -0.15) is 5.10 Å². The van der Waals surface area contributed by atoms with Gasteiger partial charge in [0.1, 0.15) is 22.1 Å². The van der Waals surface area contributed by atoms with Crippen molar-refractivity contribution in [2.75, 3.05) is 14.2 Å². The summed E-state index contributed by atoms with van der Waals surface area (Å²) < 4.78 is 39.4. The zero-order chi connectivity index (χ0) is 22.2. The molecular formula is C21H20N4O5S. The van der Waals surface area contributed by atoms with E-state index >= 15 is 0 Å². The molecule has 4 rings (SSSR count). The van der Waals surface area contributed by atoms with Gasteiger partial charge in [-0.25, -0.2) is 17.8 Å². The minimum Gasteiger partial charge on any atom is -0.497 e. The average molecular weight is 440 g/mol. The molecule has 0 radical (unpaired) electrons. The Balaban J connectivity index is 1.60. The van der Waals surface area contributed by atoms with E-state index in [1.54, 1.807) is 12.1 Å². The molecule has 10 heteroatoms. The van der Waals surface area contributed by atoms with Gasteiger partial charge in [0.15, 0.2) is 0 Å². The number of nitrogens with one attached hydrogen (secondary N) is 2. The van der Waals surface area contributed by atoms with Gasteiger partial charge in [0.05, 0.1) is 37.8 Å². The lowest BCUT2D eigenvalue weighted by atomic mass is 10.2. The minimum atomic E-state index is -4.13. The van der Waals surface area contributed by atoms with Crippen LogP contribution in [0.2, 0.25) is 0 Å². The van der Waals surface area contributed by atoms with E-state index in [0.717, 1.165) is 5.56 Å². The normalized spacial score (nSPS) is 11.5. The molecule has 0 bridgehead atoms. The molecule has 160 valence electrons. The maximum Gasteiger partial charge on any atom is 0.281 e. The number of nitrogens with zero attached hydrogens (tertiary/aromatic N) is 2. The van der Waals surface area contributed by atoms with Gasteiger partial charge < -0.3 is 14.5 Å². The van der Waals surface area contributed by atoms with E-state index in [2.05, 4.69) is 14.8 Å². The summed E-state index contributed by atoms with van der Waals surface area (Å²) in [7, 11) is -1.12. The molecule has 2 aromatic heterocycles. The lowest BCUT2D eigenvalue weighted by Gasteiger charge is -2.05. The zero-order valence-electron chi connectivity index (χ0n) is 17.0. The maximum absolute atomic E-state index is 12.7. The molecule has 2 aromatic carbocycles. The number of fused-ring (bicyclic) bond motifs is 1. The number of hydrogen-bond donors (Lipinski definition) is 2.